The Morgan fingerprint density at radius 1 is 0.970 bits per heavy atom. The molecule has 4 N–H and O–H groups in total. The van der Waals surface area contributed by atoms with Crippen molar-refractivity contribution in [1.29, 1.82) is 0 Å². The van der Waals surface area contributed by atoms with Gasteiger partial charge in [-0.1, -0.05) is 38.1 Å². The van der Waals surface area contributed by atoms with Crippen LogP contribution in [0.3, 0.4) is 0 Å². The van der Waals surface area contributed by atoms with Gasteiger partial charge in [-0.15, -0.1) is 0 Å². The fourth-order valence-electron chi connectivity index (χ4n) is 4.52. The second-order valence-electron chi connectivity index (χ2n) is 9.88. The van der Waals surface area contributed by atoms with Crippen LogP contribution in [0.1, 0.15) is 63.0 Å². The standard InChI is InChI=1S/C26H32N4O3/c1-26(2)13-11-19(12-14-26)18-5-9-21(10-6-18)28-20-7-3-17(4-8-20)16-27-24(32)22-15-23(31)30-25(33)29-22/h3-10,19,22,28H,11-16H2,1-2H3,(H,27,32)(H2,29,30,31,33)/t22-/m1/s1. The molecule has 0 radical (unpaired) electrons. The molecule has 2 aromatic carbocycles. The number of rotatable bonds is 6. The summed E-state index contributed by atoms with van der Waals surface area (Å²) in [5.74, 6) is -0.162. The van der Waals surface area contributed by atoms with Gasteiger partial charge in [-0.25, -0.2) is 4.79 Å². The highest BCUT2D eigenvalue weighted by Gasteiger charge is 2.29. The molecule has 1 saturated carbocycles. The van der Waals surface area contributed by atoms with Gasteiger partial charge in [0.15, 0.2) is 0 Å². The van der Waals surface area contributed by atoms with Crippen LogP contribution in [0.5, 0.6) is 0 Å². The van der Waals surface area contributed by atoms with Gasteiger partial charge in [-0.3, -0.25) is 14.9 Å². The second-order valence-corrected chi connectivity index (χ2v) is 9.88. The molecule has 2 aromatic rings. The molecule has 7 nitrogen and oxygen atoms in total. The van der Waals surface area contributed by atoms with Gasteiger partial charge in [0.05, 0.1) is 6.42 Å². The van der Waals surface area contributed by atoms with Crippen LogP contribution in [0.2, 0.25) is 0 Å². The minimum Gasteiger partial charge on any atom is -0.356 e. The van der Waals surface area contributed by atoms with Gasteiger partial charge >= 0.3 is 6.03 Å². The number of imide groups is 1. The molecule has 0 unspecified atom stereocenters. The molecule has 0 aromatic heterocycles. The first-order valence-corrected chi connectivity index (χ1v) is 11.6. The molecule has 0 spiro atoms. The SMILES string of the molecule is CC1(C)CCC(c2ccc(Nc3ccc(CNC(=O)[C@H]4CC(=O)NC(=O)N4)cc3)cc2)CC1. The summed E-state index contributed by atoms with van der Waals surface area (Å²) in [6.07, 6.45) is 5.04. The maximum Gasteiger partial charge on any atom is 0.322 e. The quantitative estimate of drug-likeness (QED) is 0.529. The zero-order valence-corrected chi connectivity index (χ0v) is 19.2. The predicted octanol–water partition coefficient (Wildman–Crippen LogP) is 4.33. The first-order chi connectivity index (χ1) is 15.8. The van der Waals surface area contributed by atoms with Gasteiger partial charge in [0.2, 0.25) is 11.8 Å². The number of hydrogen-bond acceptors (Lipinski definition) is 4. The van der Waals surface area contributed by atoms with Crippen molar-refractivity contribution in [3.63, 3.8) is 0 Å². The van der Waals surface area contributed by atoms with Crippen LogP contribution in [0.15, 0.2) is 48.5 Å². The smallest absolute Gasteiger partial charge is 0.322 e. The molecule has 1 heterocycles. The van der Waals surface area contributed by atoms with Gasteiger partial charge in [-0.2, -0.15) is 0 Å². The lowest BCUT2D eigenvalue weighted by atomic mass is 9.71. The summed E-state index contributed by atoms with van der Waals surface area (Å²) in [6, 6.07) is 15.1. The fourth-order valence-corrected chi connectivity index (χ4v) is 4.52. The Hall–Kier alpha value is -3.35. The molecule has 4 amide bonds. The topological polar surface area (TPSA) is 99.3 Å². The van der Waals surface area contributed by atoms with E-state index >= 15 is 0 Å². The normalized spacial score (nSPS) is 20.5. The second kappa shape index (κ2) is 9.65. The molecule has 1 aliphatic heterocycles. The summed E-state index contributed by atoms with van der Waals surface area (Å²) in [7, 11) is 0. The number of carbonyl (C=O) groups is 3. The molecular formula is C26H32N4O3. The van der Waals surface area contributed by atoms with Crippen LogP contribution in [0.4, 0.5) is 16.2 Å². The van der Waals surface area contributed by atoms with Crippen molar-refractivity contribution in [3.05, 3.63) is 59.7 Å². The molecule has 4 rings (SSSR count). The first-order valence-electron chi connectivity index (χ1n) is 11.6. The first kappa shape index (κ1) is 22.8. The zero-order valence-electron chi connectivity index (χ0n) is 19.2. The Labute approximate surface area is 194 Å². The largest absolute Gasteiger partial charge is 0.356 e. The molecule has 7 heteroatoms. The van der Waals surface area contributed by atoms with Crippen molar-refractivity contribution in [3.8, 4) is 0 Å². The van der Waals surface area contributed by atoms with E-state index in [2.05, 4.69) is 59.4 Å². The van der Waals surface area contributed by atoms with Crippen LogP contribution >= 0.6 is 0 Å². The van der Waals surface area contributed by atoms with Gasteiger partial charge < -0.3 is 16.0 Å². The minimum atomic E-state index is -0.838. The number of amides is 4. The molecule has 2 aliphatic rings. The summed E-state index contributed by atoms with van der Waals surface area (Å²) in [6.45, 7) is 5.05. The summed E-state index contributed by atoms with van der Waals surface area (Å²) >= 11 is 0. The third kappa shape index (κ3) is 6.12. The van der Waals surface area contributed by atoms with Crippen molar-refractivity contribution in [2.45, 2.75) is 64.5 Å². The van der Waals surface area contributed by atoms with Crippen LogP contribution in [-0.2, 0) is 16.1 Å². The molecule has 1 aliphatic carbocycles. The van der Waals surface area contributed by atoms with Crippen molar-refractivity contribution < 1.29 is 14.4 Å². The van der Waals surface area contributed by atoms with E-state index in [1.807, 2.05) is 24.3 Å². The average molecular weight is 449 g/mol. The molecular weight excluding hydrogens is 416 g/mol. The minimum absolute atomic E-state index is 0.0576. The highest BCUT2D eigenvalue weighted by molar-refractivity contribution is 6.02. The number of urea groups is 1. The van der Waals surface area contributed by atoms with E-state index in [1.165, 1.54) is 31.2 Å². The lowest BCUT2D eigenvalue weighted by Gasteiger charge is -2.34. The molecule has 2 fully saturated rings. The van der Waals surface area contributed by atoms with Crippen molar-refractivity contribution >= 4 is 29.2 Å². The maximum atomic E-state index is 12.2. The van der Waals surface area contributed by atoms with E-state index < -0.39 is 18.0 Å². The maximum absolute atomic E-state index is 12.2. The van der Waals surface area contributed by atoms with Crippen LogP contribution in [0.25, 0.3) is 0 Å². The monoisotopic (exact) mass is 448 g/mol. The van der Waals surface area contributed by atoms with Crippen molar-refractivity contribution in [1.82, 2.24) is 16.0 Å². The predicted molar refractivity (Wildman–Crippen MR) is 128 cm³/mol. The van der Waals surface area contributed by atoms with E-state index in [9.17, 15) is 14.4 Å². The van der Waals surface area contributed by atoms with E-state index in [0.29, 0.717) is 17.9 Å². The molecule has 33 heavy (non-hydrogen) atoms. The Balaban J connectivity index is 1.27. The Morgan fingerprint density at radius 3 is 2.18 bits per heavy atom. The van der Waals surface area contributed by atoms with Gasteiger partial charge in [0.1, 0.15) is 6.04 Å². The molecule has 0 bridgehead atoms. The van der Waals surface area contributed by atoms with Crippen LogP contribution in [-0.4, -0.2) is 23.9 Å². The van der Waals surface area contributed by atoms with E-state index in [0.717, 1.165) is 16.9 Å². The summed E-state index contributed by atoms with van der Waals surface area (Å²) in [5, 5.41) is 10.8. The highest BCUT2D eigenvalue weighted by Crippen LogP contribution is 2.42. The Bertz CT molecular complexity index is 989. The number of nitrogens with one attached hydrogen (secondary N) is 4. The lowest BCUT2D eigenvalue weighted by Crippen LogP contribution is -2.57. The van der Waals surface area contributed by atoms with E-state index in [-0.39, 0.29) is 12.3 Å². The van der Waals surface area contributed by atoms with Gasteiger partial charge in [0.25, 0.3) is 0 Å². The third-order valence-corrected chi connectivity index (χ3v) is 6.69. The zero-order chi connectivity index (χ0) is 23.4. The Kier molecular flexibility index (Phi) is 6.67. The van der Waals surface area contributed by atoms with E-state index in [4.69, 9.17) is 0 Å². The lowest BCUT2D eigenvalue weighted by molar-refractivity contribution is -0.128. The van der Waals surface area contributed by atoms with Gasteiger partial charge in [0, 0.05) is 17.9 Å². The fraction of sp³-hybridized carbons (Fsp3) is 0.423. The summed E-state index contributed by atoms with van der Waals surface area (Å²) < 4.78 is 0. The number of benzene rings is 2. The number of anilines is 2. The number of hydrogen-bond donors (Lipinski definition) is 4. The molecule has 174 valence electrons. The molecule has 1 saturated heterocycles. The summed E-state index contributed by atoms with van der Waals surface area (Å²) in [4.78, 5) is 35.0. The van der Waals surface area contributed by atoms with Crippen molar-refractivity contribution in [2.75, 3.05) is 5.32 Å². The van der Waals surface area contributed by atoms with E-state index in [1.54, 1.807) is 0 Å². The Morgan fingerprint density at radius 2 is 1.58 bits per heavy atom. The van der Waals surface area contributed by atoms with Crippen LogP contribution in [0, 0.1) is 5.41 Å². The summed E-state index contributed by atoms with van der Waals surface area (Å²) in [5.41, 5.74) is 4.84. The highest BCUT2D eigenvalue weighted by atomic mass is 16.2. The van der Waals surface area contributed by atoms with Gasteiger partial charge in [-0.05, 0) is 72.4 Å². The van der Waals surface area contributed by atoms with Crippen LogP contribution < -0.4 is 21.3 Å². The molecule has 1 atom stereocenters. The number of carbonyl (C=O) groups excluding carboxylic acids is 3. The average Bonchev–Trinajstić information content (AvgIpc) is 2.78. The third-order valence-electron chi connectivity index (χ3n) is 6.69. The van der Waals surface area contributed by atoms with Crippen molar-refractivity contribution in [2.24, 2.45) is 5.41 Å².